The zero-order chi connectivity index (χ0) is 14.8. The molecule has 0 aliphatic heterocycles. The van der Waals surface area contributed by atoms with Gasteiger partial charge in [0.1, 0.15) is 0 Å². The summed E-state index contributed by atoms with van der Waals surface area (Å²) >= 11 is 0. The summed E-state index contributed by atoms with van der Waals surface area (Å²) < 4.78 is 38.0. The molecular formula is C15H11F3N2. The van der Waals surface area contributed by atoms with Gasteiger partial charge in [-0.3, -0.25) is 0 Å². The van der Waals surface area contributed by atoms with E-state index in [2.05, 4.69) is 5.32 Å². The summed E-state index contributed by atoms with van der Waals surface area (Å²) in [6.45, 7) is 1.94. The van der Waals surface area contributed by atoms with Crippen molar-refractivity contribution in [2.45, 2.75) is 13.1 Å². The molecule has 2 aromatic carbocycles. The van der Waals surface area contributed by atoms with Crippen LogP contribution in [0.3, 0.4) is 0 Å². The van der Waals surface area contributed by atoms with Crippen LogP contribution in [0.25, 0.3) is 0 Å². The molecule has 0 saturated heterocycles. The molecule has 0 aliphatic carbocycles. The minimum atomic E-state index is -4.52. The fraction of sp³-hybridized carbons (Fsp3) is 0.133. The highest BCUT2D eigenvalue weighted by Gasteiger charge is 2.33. The van der Waals surface area contributed by atoms with Gasteiger partial charge in [-0.05, 0) is 37.3 Å². The Morgan fingerprint density at radius 1 is 1.00 bits per heavy atom. The van der Waals surface area contributed by atoms with Crippen LogP contribution in [0.4, 0.5) is 24.5 Å². The van der Waals surface area contributed by atoms with E-state index in [4.69, 9.17) is 5.26 Å². The number of anilines is 2. The van der Waals surface area contributed by atoms with Crippen LogP contribution in [0.15, 0.2) is 42.5 Å². The summed E-state index contributed by atoms with van der Waals surface area (Å²) in [5.74, 6) is 0. The van der Waals surface area contributed by atoms with Gasteiger partial charge in [-0.1, -0.05) is 17.7 Å². The lowest BCUT2D eigenvalue weighted by Gasteiger charge is -2.11. The van der Waals surface area contributed by atoms with Gasteiger partial charge >= 0.3 is 6.18 Å². The molecule has 0 unspecified atom stereocenters. The van der Waals surface area contributed by atoms with Crippen molar-refractivity contribution in [1.29, 1.82) is 5.26 Å². The van der Waals surface area contributed by atoms with Crippen molar-refractivity contribution in [3.05, 3.63) is 59.2 Å². The molecule has 0 aliphatic rings. The quantitative estimate of drug-likeness (QED) is 0.868. The van der Waals surface area contributed by atoms with Crippen LogP contribution in [-0.4, -0.2) is 0 Å². The lowest BCUT2D eigenvalue weighted by Crippen LogP contribution is -2.08. The molecule has 20 heavy (non-hydrogen) atoms. The Labute approximate surface area is 114 Å². The molecule has 102 valence electrons. The molecule has 0 spiro atoms. The van der Waals surface area contributed by atoms with Crippen molar-refractivity contribution < 1.29 is 13.2 Å². The zero-order valence-corrected chi connectivity index (χ0v) is 10.6. The maximum absolute atomic E-state index is 12.7. The van der Waals surface area contributed by atoms with E-state index in [1.807, 2.05) is 31.2 Å². The van der Waals surface area contributed by atoms with Gasteiger partial charge < -0.3 is 5.32 Å². The molecule has 0 atom stereocenters. The van der Waals surface area contributed by atoms with Crippen molar-refractivity contribution >= 4 is 11.4 Å². The standard InChI is InChI=1S/C15H11F3N2/c1-10-2-4-12(5-3-10)20-13-6-7-14(15(16,17)18)11(8-13)9-19/h2-8,20H,1H3. The minimum Gasteiger partial charge on any atom is -0.355 e. The van der Waals surface area contributed by atoms with Crippen molar-refractivity contribution in [3.63, 3.8) is 0 Å². The van der Waals surface area contributed by atoms with Gasteiger partial charge in [-0.15, -0.1) is 0 Å². The Morgan fingerprint density at radius 3 is 2.15 bits per heavy atom. The van der Waals surface area contributed by atoms with E-state index < -0.39 is 17.3 Å². The Balaban J connectivity index is 2.31. The molecule has 5 heteroatoms. The van der Waals surface area contributed by atoms with Gasteiger partial charge in [0, 0.05) is 11.4 Å². The van der Waals surface area contributed by atoms with E-state index >= 15 is 0 Å². The minimum absolute atomic E-state index is 0.394. The lowest BCUT2D eigenvalue weighted by molar-refractivity contribution is -0.137. The first kappa shape index (κ1) is 13.9. The number of hydrogen-bond donors (Lipinski definition) is 1. The second kappa shape index (κ2) is 5.25. The highest BCUT2D eigenvalue weighted by molar-refractivity contribution is 5.63. The molecular weight excluding hydrogens is 265 g/mol. The van der Waals surface area contributed by atoms with E-state index in [0.717, 1.165) is 17.3 Å². The van der Waals surface area contributed by atoms with E-state index in [-0.39, 0.29) is 0 Å². The number of hydrogen-bond acceptors (Lipinski definition) is 2. The number of alkyl halides is 3. The average molecular weight is 276 g/mol. The van der Waals surface area contributed by atoms with Crippen LogP contribution >= 0.6 is 0 Å². The van der Waals surface area contributed by atoms with Gasteiger partial charge in [-0.25, -0.2) is 0 Å². The van der Waals surface area contributed by atoms with Crippen LogP contribution in [0.2, 0.25) is 0 Å². The van der Waals surface area contributed by atoms with Gasteiger partial charge in [0.05, 0.1) is 17.2 Å². The first-order chi connectivity index (χ1) is 9.40. The topological polar surface area (TPSA) is 35.8 Å². The third-order valence-corrected chi connectivity index (χ3v) is 2.79. The van der Waals surface area contributed by atoms with Gasteiger partial charge in [0.15, 0.2) is 0 Å². The van der Waals surface area contributed by atoms with Gasteiger partial charge in [-0.2, -0.15) is 18.4 Å². The van der Waals surface area contributed by atoms with Gasteiger partial charge in [0.25, 0.3) is 0 Å². The number of halogens is 3. The third-order valence-electron chi connectivity index (χ3n) is 2.79. The molecule has 0 bridgehead atoms. The van der Waals surface area contributed by atoms with Crippen molar-refractivity contribution in [3.8, 4) is 6.07 Å². The number of aryl methyl sites for hydroxylation is 1. The number of rotatable bonds is 2. The van der Waals surface area contributed by atoms with E-state index in [9.17, 15) is 13.2 Å². The zero-order valence-electron chi connectivity index (χ0n) is 10.6. The summed E-state index contributed by atoms with van der Waals surface area (Å²) in [5.41, 5.74) is 0.961. The summed E-state index contributed by atoms with van der Waals surface area (Å²) in [7, 11) is 0. The number of nitrogens with zero attached hydrogens (tertiary/aromatic N) is 1. The van der Waals surface area contributed by atoms with Crippen LogP contribution in [0.1, 0.15) is 16.7 Å². The third kappa shape index (κ3) is 3.09. The smallest absolute Gasteiger partial charge is 0.355 e. The molecule has 1 N–H and O–H groups in total. The predicted molar refractivity (Wildman–Crippen MR) is 70.6 cm³/mol. The van der Waals surface area contributed by atoms with Crippen molar-refractivity contribution in [2.75, 3.05) is 5.32 Å². The van der Waals surface area contributed by atoms with E-state index in [1.165, 1.54) is 12.1 Å². The molecule has 0 heterocycles. The van der Waals surface area contributed by atoms with Crippen LogP contribution < -0.4 is 5.32 Å². The Bertz CT molecular complexity index is 652. The second-order valence-electron chi connectivity index (χ2n) is 4.36. The molecule has 2 aromatic rings. The molecule has 0 fully saturated rings. The van der Waals surface area contributed by atoms with Crippen LogP contribution in [0.5, 0.6) is 0 Å². The molecule has 2 rings (SSSR count). The second-order valence-corrected chi connectivity index (χ2v) is 4.36. The highest BCUT2D eigenvalue weighted by Crippen LogP contribution is 2.33. The molecule has 0 aromatic heterocycles. The van der Waals surface area contributed by atoms with E-state index in [0.29, 0.717) is 5.69 Å². The number of nitrogens with one attached hydrogen (secondary N) is 1. The van der Waals surface area contributed by atoms with Crippen LogP contribution in [0, 0.1) is 18.3 Å². The predicted octanol–water partition coefficient (Wildman–Crippen LogP) is 4.63. The Kier molecular flexibility index (Phi) is 3.66. The normalized spacial score (nSPS) is 10.9. The first-order valence-electron chi connectivity index (χ1n) is 5.85. The molecule has 0 radical (unpaired) electrons. The molecule has 0 saturated carbocycles. The number of benzene rings is 2. The SMILES string of the molecule is Cc1ccc(Nc2ccc(C(F)(F)F)c(C#N)c2)cc1. The fourth-order valence-electron chi connectivity index (χ4n) is 1.77. The highest BCUT2D eigenvalue weighted by atomic mass is 19.4. The van der Waals surface area contributed by atoms with Crippen molar-refractivity contribution in [1.82, 2.24) is 0 Å². The molecule has 2 nitrogen and oxygen atoms in total. The maximum Gasteiger partial charge on any atom is 0.417 e. The first-order valence-corrected chi connectivity index (χ1v) is 5.85. The Morgan fingerprint density at radius 2 is 1.60 bits per heavy atom. The maximum atomic E-state index is 12.7. The van der Waals surface area contributed by atoms with Crippen molar-refractivity contribution in [2.24, 2.45) is 0 Å². The van der Waals surface area contributed by atoms with Crippen LogP contribution in [-0.2, 0) is 6.18 Å². The largest absolute Gasteiger partial charge is 0.417 e. The Hall–Kier alpha value is -2.48. The summed E-state index contributed by atoms with van der Waals surface area (Å²) in [5, 5.41) is 11.8. The molecule has 0 amide bonds. The fourth-order valence-corrected chi connectivity index (χ4v) is 1.77. The van der Waals surface area contributed by atoms with E-state index in [1.54, 1.807) is 6.07 Å². The lowest BCUT2D eigenvalue weighted by atomic mass is 10.1. The number of nitriles is 1. The summed E-state index contributed by atoms with van der Waals surface area (Å²) in [6, 6.07) is 12.4. The average Bonchev–Trinajstić information content (AvgIpc) is 2.40. The summed E-state index contributed by atoms with van der Waals surface area (Å²) in [4.78, 5) is 0. The monoisotopic (exact) mass is 276 g/mol. The summed E-state index contributed by atoms with van der Waals surface area (Å²) in [6.07, 6.45) is -4.52. The van der Waals surface area contributed by atoms with Gasteiger partial charge in [0.2, 0.25) is 0 Å².